The summed E-state index contributed by atoms with van der Waals surface area (Å²) in [5.41, 5.74) is 6.98. The summed E-state index contributed by atoms with van der Waals surface area (Å²) in [6.07, 6.45) is 4.20. The zero-order chi connectivity index (χ0) is 12.3. The number of likely N-dealkylation sites (tertiary alicyclic amines) is 1. The van der Waals surface area contributed by atoms with Gasteiger partial charge in [0.2, 0.25) is 0 Å². The van der Waals surface area contributed by atoms with Crippen LogP contribution in [0, 0.1) is 0 Å². The van der Waals surface area contributed by atoms with Gasteiger partial charge < -0.3 is 10.5 Å². The summed E-state index contributed by atoms with van der Waals surface area (Å²) >= 11 is 0. The van der Waals surface area contributed by atoms with E-state index in [4.69, 9.17) is 10.5 Å². The van der Waals surface area contributed by atoms with Crippen LogP contribution in [0.2, 0.25) is 0 Å². The number of nitrogens with zero attached hydrogens (tertiary/aromatic N) is 2. The predicted octanol–water partition coefficient (Wildman–Crippen LogP) is 0.156. The molecule has 1 aromatic heterocycles. The van der Waals surface area contributed by atoms with Gasteiger partial charge in [0.05, 0.1) is 7.11 Å². The van der Waals surface area contributed by atoms with Gasteiger partial charge in [-0.05, 0) is 18.1 Å². The van der Waals surface area contributed by atoms with Crippen LogP contribution in [0.4, 0.5) is 0 Å². The van der Waals surface area contributed by atoms with Crippen LogP contribution in [-0.2, 0) is 16.1 Å². The first-order chi connectivity index (χ1) is 8.20. The highest BCUT2D eigenvalue weighted by Gasteiger charge is 2.35. The van der Waals surface area contributed by atoms with Crippen LogP contribution in [0.25, 0.3) is 0 Å². The summed E-state index contributed by atoms with van der Waals surface area (Å²) in [4.78, 5) is 17.7. The average molecular weight is 235 g/mol. The van der Waals surface area contributed by atoms with Gasteiger partial charge in [-0.1, -0.05) is 6.07 Å². The van der Waals surface area contributed by atoms with Crippen molar-refractivity contribution >= 4 is 5.97 Å². The van der Waals surface area contributed by atoms with Crippen molar-refractivity contribution in [2.24, 2.45) is 5.73 Å². The number of nitrogens with two attached hydrogens (primary N) is 1. The van der Waals surface area contributed by atoms with Crippen molar-refractivity contribution in [3.8, 4) is 0 Å². The van der Waals surface area contributed by atoms with Crippen LogP contribution in [-0.4, -0.2) is 41.6 Å². The number of pyridine rings is 1. The van der Waals surface area contributed by atoms with Crippen LogP contribution in [0.5, 0.6) is 0 Å². The number of hydrogen-bond donors (Lipinski definition) is 1. The summed E-state index contributed by atoms with van der Waals surface area (Å²) in [5.74, 6) is -0.207. The second kappa shape index (κ2) is 5.25. The van der Waals surface area contributed by atoms with E-state index in [9.17, 15) is 4.79 Å². The summed E-state index contributed by atoms with van der Waals surface area (Å²) in [7, 11) is 1.41. The van der Waals surface area contributed by atoms with E-state index in [1.807, 2.05) is 17.0 Å². The van der Waals surface area contributed by atoms with Crippen molar-refractivity contribution in [2.45, 2.75) is 25.0 Å². The highest BCUT2D eigenvalue weighted by molar-refractivity contribution is 5.76. The first-order valence-corrected chi connectivity index (χ1v) is 5.67. The van der Waals surface area contributed by atoms with Gasteiger partial charge in [0.15, 0.2) is 0 Å². The molecule has 0 amide bonds. The van der Waals surface area contributed by atoms with Gasteiger partial charge in [0.25, 0.3) is 0 Å². The van der Waals surface area contributed by atoms with E-state index in [1.54, 1.807) is 12.4 Å². The zero-order valence-corrected chi connectivity index (χ0v) is 9.87. The third kappa shape index (κ3) is 2.81. The monoisotopic (exact) mass is 235 g/mol. The molecule has 92 valence electrons. The molecule has 1 aliphatic heterocycles. The Balaban J connectivity index is 2.06. The largest absolute Gasteiger partial charge is 0.468 e. The molecule has 2 N–H and O–H groups in total. The van der Waals surface area contributed by atoms with Crippen molar-refractivity contribution < 1.29 is 9.53 Å². The molecule has 0 bridgehead atoms. The fourth-order valence-corrected chi connectivity index (χ4v) is 2.22. The van der Waals surface area contributed by atoms with E-state index in [0.29, 0.717) is 19.5 Å². The van der Waals surface area contributed by atoms with Crippen molar-refractivity contribution in [2.75, 3.05) is 13.7 Å². The Morgan fingerprint density at radius 3 is 3.18 bits per heavy atom. The lowest BCUT2D eigenvalue weighted by molar-refractivity contribution is -0.146. The maximum atomic E-state index is 11.6. The topological polar surface area (TPSA) is 68.5 Å². The van der Waals surface area contributed by atoms with Crippen LogP contribution in [0.15, 0.2) is 24.5 Å². The molecule has 2 atom stereocenters. The van der Waals surface area contributed by atoms with Crippen LogP contribution < -0.4 is 5.73 Å². The molecular weight excluding hydrogens is 218 g/mol. The van der Waals surface area contributed by atoms with Crippen LogP contribution in [0.1, 0.15) is 12.0 Å². The minimum atomic E-state index is -0.227. The molecule has 1 saturated heterocycles. The Labute approximate surface area is 101 Å². The highest BCUT2D eigenvalue weighted by Crippen LogP contribution is 2.20. The molecule has 1 aliphatic rings. The SMILES string of the molecule is COC(=O)[C@@H]1C[C@@H](N)CN1Cc1cccnc1. The second-order valence-corrected chi connectivity index (χ2v) is 4.33. The van der Waals surface area contributed by atoms with E-state index in [-0.39, 0.29) is 18.1 Å². The summed E-state index contributed by atoms with van der Waals surface area (Å²) in [6.45, 7) is 1.40. The Morgan fingerprint density at radius 2 is 2.53 bits per heavy atom. The number of ether oxygens (including phenoxy) is 1. The van der Waals surface area contributed by atoms with E-state index in [2.05, 4.69) is 4.98 Å². The molecule has 0 saturated carbocycles. The van der Waals surface area contributed by atoms with E-state index in [1.165, 1.54) is 7.11 Å². The Kier molecular flexibility index (Phi) is 3.71. The van der Waals surface area contributed by atoms with Crippen molar-refractivity contribution in [3.63, 3.8) is 0 Å². The standard InChI is InChI=1S/C12H17N3O2/c1-17-12(16)11-5-10(13)8-15(11)7-9-3-2-4-14-6-9/h2-4,6,10-11H,5,7-8,13H2,1H3/t10-,11+/m1/s1. The van der Waals surface area contributed by atoms with Gasteiger partial charge in [0.1, 0.15) is 6.04 Å². The first kappa shape index (κ1) is 12.0. The summed E-state index contributed by atoms with van der Waals surface area (Å²) in [6, 6.07) is 3.69. The maximum Gasteiger partial charge on any atom is 0.323 e. The lowest BCUT2D eigenvalue weighted by atomic mass is 10.2. The second-order valence-electron chi connectivity index (χ2n) is 4.33. The molecule has 0 spiro atoms. The molecule has 5 heteroatoms. The van der Waals surface area contributed by atoms with Gasteiger partial charge in [-0.3, -0.25) is 14.7 Å². The van der Waals surface area contributed by atoms with Gasteiger partial charge in [-0.15, -0.1) is 0 Å². The minimum absolute atomic E-state index is 0.0378. The van der Waals surface area contributed by atoms with Crippen molar-refractivity contribution in [3.05, 3.63) is 30.1 Å². The molecule has 0 aliphatic carbocycles. The molecular formula is C12H17N3O2. The van der Waals surface area contributed by atoms with Gasteiger partial charge in [-0.25, -0.2) is 0 Å². The van der Waals surface area contributed by atoms with Crippen molar-refractivity contribution in [1.29, 1.82) is 0 Å². The minimum Gasteiger partial charge on any atom is -0.468 e. The van der Waals surface area contributed by atoms with Crippen molar-refractivity contribution in [1.82, 2.24) is 9.88 Å². The van der Waals surface area contributed by atoms with Crippen LogP contribution in [0.3, 0.4) is 0 Å². The molecule has 5 nitrogen and oxygen atoms in total. The van der Waals surface area contributed by atoms with E-state index >= 15 is 0 Å². The Morgan fingerprint density at radius 1 is 1.71 bits per heavy atom. The van der Waals surface area contributed by atoms with Gasteiger partial charge >= 0.3 is 5.97 Å². The molecule has 2 rings (SSSR count). The number of hydrogen-bond acceptors (Lipinski definition) is 5. The number of aromatic nitrogens is 1. The smallest absolute Gasteiger partial charge is 0.323 e. The van der Waals surface area contributed by atoms with Gasteiger partial charge in [0, 0.05) is 31.5 Å². The molecule has 0 aromatic carbocycles. The number of esters is 1. The number of carbonyl (C=O) groups is 1. The number of methoxy groups -OCH3 is 1. The molecule has 0 radical (unpaired) electrons. The lowest BCUT2D eigenvalue weighted by Crippen LogP contribution is -2.36. The molecule has 1 fully saturated rings. The molecule has 2 heterocycles. The summed E-state index contributed by atoms with van der Waals surface area (Å²) < 4.78 is 4.80. The Bertz CT molecular complexity index is 383. The fraction of sp³-hybridized carbons (Fsp3) is 0.500. The van der Waals surface area contributed by atoms with E-state index in [0.717, 1.165) is 5.56 Å². The highest BCUT2D eigenvalue weighted by atomic mass is 16.5. The predicted molar refractivity (Wildman–Crippen MR) is 63.0 cm³/mol. The Hall–Kier alpha value is -1.46. The summed E-state index contributed by atoms with van der Waals surface area (Å²) in [5, 5.41) is 0. The lowest BCUT2D eigenvalue weighted by Gasteiger charge is -2.21. The normalized spacial score (nSPS) is 24.8. The fourth-order valence-electron chi connectivity index (χ4n) is 2.22. The van der Waals surface area contributed by atoms with Crippen LogP contribution >= 0.6 is 0 Å². The molecule has 0 unspecified atom stereocenters. The third-order valence-corrected chi connectivity index (χ3v) is 3.02. The van der Waals surface area contributed by atoms with Gasteiger partial charge in [-0.2, -0.15) is 0 Å². The average Bonchev–Trinajstić information content (AvgIpc) is 2.70. The molecule has 1 aromatic rings. The van der Waals surface area contributed by atoms with E-state index < -0.39 is 0 Å². The quantitative estimate of drug-likeness (QED) is 0.756. The molecule has 17 heavy (non-hydrogen) atoms. The maximum absolute atomic E-state index is 11.6. The number of carbonyl (C=O) groups excluding carboxylic acids is 1. The zero-order valence-electron chi connectivity index (χ0n) is 9.87. The first-order valence-electron chi connectivity index (χ1n) is 5.67. The number of rotatable bonds is 3. The third-order valence-electron chi connectivity index (χ3n) is 3.02.